The zero-order valence-electron chi connectivity index (χ0n) is 11.4. The van der Waals surface area contributed by atoms with Gasteiger partial charge in [-0.2, -0.15) is 0 Å². The van der Waals surface area contributed by atoms with E-state index in [0.29, 0.717) is 20.3 Å². The zero-order chi connectivity index (χ0) is 16.0. The molecule has 0 saturated heterocycles. The maximum atomic E-state index is 12.0. The Morgan fingerprint density at radius 2 is 2.04 bits per heavy atom. The van der Waals surface area contributed by atoms with Crippen molar-refractivity contribution in [2.75, 3.05) is 0 Å². The molecule has 2 aromatic heterocycles. The minimum atomic E-state index is -0.527. The number of ether oxygens (including phenoxy) is 1. The van der Waals surface area contributed by atoms with Crippen molar-refractivity contribution in [1.29, 1.82) is 0 Å². The lowest BCUT2D eigenvalue weighted by Crippen LogP contribution is -2.04. The second-order valence-corrected chi connectivity index (χ2v) is 6.93. The van der Waals surface area contributed by atoms with Crippen LogP contribution in [-0.2, 0) is 9.53 Å². The number of rotatable bonds is 2. The van der Waals surface area contributed by atoms with E-state index in [9.17, 15) is 4.79 Å². The predicted molar refractivity (Wildman–Crippen MR) is 93.8 cm³/mol. The number of fused-ring (bicyclic) bond motifs is 1. The fourth-order valence-electron chi connectivity index (χ4n) is 2.20. The molecule has 7 heteroatoms. The van der Waals surface area contributed by atoms with Crippen molar-refractivity contribution in [3.05, 3.63) is 62.4 Å². The van der Waals surface area contributed by atoms with E-state index in [1.54, 1.807) is 12.1 Å². The van der Waals surface area contributed by atoms with Crippen LogP contribution in [-0.4, -0.2) is 11.9 Å². The van der Waals surface area contributed by atoms with Gasteiger partial charge in [0.15, 0.2) is 10.4 Å². The van der Waals surface area contributed by atoms with E-state index in [2.05, 4.69) is 20.9 Å². The van der Waals surface area contributed by atoms with Crippen LogP contribution in [0.3, 0.4) is 0 Å². The number of esters is 1. The van der Waals surface area contributed by atoms with Crippen LogP contribution in [0.4, 0.5) is 0 Å². The monoisotopic (exact) mass is 407 g/mol. The van der Waals surface area contributed by atoms with Gasteiger partial charge in [-0.25, -0.2) is 9.79 Å². The number of halogens is 2. The molecule has 4 rings (SSSR count). The SMILES string of the molecule is O=C1OC(c2sc3ccccc3c2Cl)=N/C1=C/c1ccc(Br)o1. The van der Waals surface area contributed by atoms with Gasteiger partial charge in [-0.3, -0.25) is 0 Å². The van der Waals surface area contributed by atoms with Gasteiger partial charge in [-0.1, -0.05) is 29.8 Å². The van der Waals surface area contributed by atoms with Crippen molar-refractivity contribution in [1.82, 2.24) is 0 Å². The highest BCUT2D eigenvalue weighted by Crippen LogP contribution is 2.37. The lowest BCUT2D eigenvalue weighted by atomic mass is 10.2. The Balaban J connectivity index is 1.77. The van der Waals surface area contributed by atoms with E-state index >= 15 is 0 Å². The lowest BCUT2D eigenvalue weighted by molar-refractivity contribution is -0.129. The third kappa shape index (κ3) is 2.63. The standard InChI is InChI=1S/C16H7BrClNO3S/c17-12-6-5-8(21-12)7-10-16(20)22-15(19-10)14-13(18)9-3-1-2-4-11(9)23-14/h1-7H/b10-7+. The molecule has 0 unspecified atom stereocenters. The molecule has 1 aromatic carbocycles. The molecule has 114 valence electrons. The van der Waals surface area contributed by atoms with Crippen LogP contribution >= 0.6 is 38.9 Å². The lowest BCUT2D eigenvalue weighted by Gasteiger charge is -1.95. The first kappa shape index (κ1) is 14.7. The third-order valence-electron chi connectivity index (χ3n) is 3.22. The zero-order valence-corrected chi connectivity index (χ0v) is 14.5. The van der Waals surface area contributed by atoms with Gasteiger partial charge >= 0.3 is 5.97 Å². The topological polar surface area (TPSA) is 51.8 Å². The van der Waals surface area contributed by atoms with Gasteiger partial charge in [0.1, 0.15) is 10.6 Å². The van der Waals surface area contributed by atoms with Crippen molar-refractivity contribution in [2.24, 2.45) is 4.99 Å². The normalized spacial score (nSPS) is 16.2. The van der Waals surface area contributed by atoms with E-state index in [1.807, 2.05) is 24.3 Å². The minimum absolute atomic E-state index is 0.176. The number of nitrogens with zero attached hydrogens (tertiary/aromatic N) is 1. The number of carbonyl (C=O) groups is 1. The van der Waals surface area contributed by atoms with Crippen LogP contribution in [0.5, 0.6) is 0 Å². The van der Waals surface area contributed by atoms with Gasteiger partial charge in [0.2, 0.25) is 5.90 Å². The number of benzene rings is 1. The third-order valence-corrected chi connectivity index (χ3v) is 5.31. The minimum Gasteiger partial charge on any atom is -0.450 e. The molecular weight excluding hydrogens is 402 g/mol. The summed E-state index contributed by atoms with van der Waals surface area (Å²) in [5.74, 6) is 0.204. The Morgan fingerprint density at radius 1 is 1.22 bits per heavy atom. The second-order valence-electron chi connectivity index (χ2n) is 4.72. The molecule has 0 N–H and O–H groups in total. The Bertz CT molecular complexity index is 1000. The number of hydrogen-bond acceptors (Lipinski definition) is 5. The van der Waals surface area contributed by atoms with Crippen molar-refractivity contribution in [2.45, 2.75) is 0 Å². The highest BCUT2D eigenvalue weighted by molar-refractivity contribution is 9.10. The number of furan rings is 1. The van der Waals surface area contributed by atoms with Crippen LogP contribution in [0.15, 0.2) is 56.2 Å². The highest BCUT2D eigenvalue weighted by atomic mass is 79.9. The van der Waals surface area contributed by atoms with Crippen LogP contribution in [0.1, 0.15) is 10.6 Å². The molecule has 23 heavy (non-hydrogen) atoms. The molecule has 3 heterocycles. The Kier molecular flexibility index (Phi) is 3.60. The van der Waals surface area contributed by atoms with Crippen molar-refractivity contribution < 1.29 is 13.9 Å². The van der Waals surface area contributed by atoms with Crippen LogP contribution in [0.25, 0.3) is 16.2 Å². The molecule has 0 saturated carbocycles. The summed E-state index contributed by atoms with van der Waals surface area (Å²) in [5, 5.41) is 1.46. The van der Waals surface area contributed by atoms with E-state index in [1.165, 1.54) is 17.4 Å². The van der Waals surface area contributed by atoms with Gasteiger partial charge in [0.25, 0.3) is 0 Å². The molecule has 4 nitrogen and oxygen atoms in total. The molecule has 0 aliphatic carbocycles. The fourth-order valence-corrected chi connectivity index (χ4v) is 3.96. The first-order valence-electron chi connectivity index (χ1n) is 6.57. The fraction of sp³-hybridized carbons (Fsp3) is 0. The molecule has 1 aliphatic rings. The van der Waals surface area contributed by atoms with Gasteiger partial charge < -0.3 is 9.15 Å². The smallest absolute Gasteiger partial charge is 0.363 e. The van der Waals surface area contributed by atoms with E-state index < -0.39 is 5.97 Å². The molecule has 3 aromatic rings. The number of hydrogen-bond donors (Lipinski definition) is 0. The number of cyclic esters (lactones) is 1. The molecule has 0 bridgehead atoms. The summed E-state index contributed by atoms with van der Waals surface area (Å²) < 4.78 is 12.2. The summed E-state index contributed by atoms with van der Waals surface area (Å²) in [6, 6.07) is 11.2. The molecule has 0 amide bonds. The number of aliphatic imine (C=N–C) groups is 1. The summed E-state index contributed by atoms with van der Waals surface area (Å²) in [7, 11) is 0. The average Bonchev–Trinajstić information content (AvgIpc) is 3.20. The molecule has 0 fully saturated rings. The van der Waals surface area contributed by atoms with Gasteiger partial charge in [-0.15, -0.1) is 11.3 Å². The summed E-state index contributed by atoms with van der Waals surface area (Å²) in [6.45, 7) is 0. The summed E-state index contributed by atoms with van der Waals surface area (Å²) in [6.07, 6.45) is 1.53. The molecule has 0 spiro atoms. The van der Waals surface area contributed by atoms with Crippen LogP contribution in [0, 0.1) is 0 Å². The van der Waals surface area contributed by atoms with E-state index in [-0.39, 0.29) is 11.6 Å². The average molecular weight is 409 g/mol. The van der Waals surface area contributed by atoms with Crippen molar-refractivity contribution in [3.8, 4) is 0 Å². The second kappa shape index (κ2) is 5.63. The van der Waals surface area contributed by atoms with Crippen molar-refractivity contribution in [3.63, 3.8) is 0 Å². The Hall–Kier alpha value is -1.89. The first-order chi connectivity index (χ1) is 11.1. The van der Waals surface area contributed by atoms with Gasteiger partial charge in [0.05, 0.1) is 5.02 Å². The molecule has 0 atom stereocenters. The summed E-state index contributed by atoms with van der Waals surface area (Å²) in [5.41, 5.74) is 0.176. The Morgan fingerprint density at radius 3 is 2.78 bits per heavy atom. The number of carbonyl (C=O) groups excluding carboxylic acids is 1. The van der Waals surface area contributed by atoms with Gasteiger partial charge in [0, 0.05) is 16.2 Å². The van der Waals surface area contributed by atoms with Crippen LogP contribution in [0.2, 0.25) is 5.02 Å². The Labute approximate surface area is 148 Å². The van der Waals surface area contributed by atoms with Crippen molar-refractivity contribution >= 4 is 66.9 Å². The molecule has 0 radical (unpaired) electrons. The highest BCUT2D eigenvalue weighted by Gasteiger charge is 2.28. The first-order valence-corrected chi connectivity index (χ1v) is 8.56. The van der Waals surface area contributed by atoms with E-state index in [0.717, 1.165) is 10.1 Å². The maximum absolute atomic E-state index is 12.0. The predicted octanol–water partition coefficient (Wildman–Crippen LogP) is 5.25. The van der Waals surface area contributed by atoms with E-state index in [4.69, 9.17) is 20.8 Å². The molecule has 1 aliphatic heterocycles. The maximum Gasteiger partial charge on any atom is 0.363 e. The quantitative estimate of drug-likeness (QED) is 0.429. The van der Waals surface area contributed by atoms with Gasteiger partial charge in [-0.05, 0) is 34.1 Å². The van der Waals surface area contributed by atoms with Crippen LogP contribution < -0.4 is 0 Å². The summed E-state index contributed by atoms with van der Waals surface area (Å²) in [4.78, 5) is 16.9. The summed E-state index contributed by atoms with van der Waals surface area (Å²) >= 11 is 11.0. The number of thiophene rings is 1. The largest absolute Gasteiger partial charge is 0.450 e. The molecular formula is C16H7BrClNO3S.